The Labute approximate surface area is 256 Å². The van der Waals surface area contributed by atoms with Gasteiger partial charge in [-0.25, -0.2) is 0 Å². The number of aromatic nitrogens is 1. The number of pyridine rings is 1. The van der Waals surface area contributed by atoms with Gasteiger partial charge in [0.2, 0.25) is 0 Å². The van der Waals surface area contributed by atoms with Crippen molar-refractivity contribution >= 4 is 41.4 Å². The first-order valence-corrected chi connectivity index (χ1v) is 13.5. The number of benzene rings is 1. The molecule has 1 aliphatic carbocycles. The summed E-state index contributed by atoms with van der Waals surface area (Å²) in [5, 5.41) is 0. The minimum absolute atomic E-state index is 0.116. The van der Waals surface area contributed by atoms with Crippen molar-refractivity contribution in [1.82, 2.24) is 4.57 Å². The third kappa shape index (κ3) is 7.96. The highest BCUT2D eigenvalue weighted by Crippen LogP contribution is 2.37. The van der Waals surface area contributed by atoms with Crippen molar-refractivity contribution in [1.29, 1.82) is 0 Å². The number of esters is 5. The van der Waals surface area contributed by atoms with Gasteiger partial charge in [0, 0.05) is 47.2 Å². The molecule has 0 fully saturated rings. The molecular formula is C31H31NO13. The van der Waals surface area contributed by atoms with Crippen LogP contribution in [-0.4, -0.2) is 70.9 Å². The van der Waals surface area contributed by atoms with Crippen LogP contribution in [0.1, 0.15) is 67.1 Å². The average molecular weight is 626 g/mol. The quantitative estimate of drug-likeness (QED) is 0.261. The van der Waals surface area contributed by atoms with Gasteiger partial charge >= 0.3 is 29.8 Å². The van der Waals surface area contributed by atoms with Crippen LogP contribution < -0.4 is 5.56 Å². The standard InChI is InChI=1S/C31H31NO13/c1-15(33)41-14-23(42-16(2)34)28(43-17(3)35)30(45-19(5)37)29(44-18(4)36)27-26-22(39)13-12-21(38)25(26)24(31(40)32(27)6)20-10-8-7-9-11-20/h7-13,23,28-30H,14H2,1-6H3/t23-,28-,29-,30-/m1/s1. The maximum atomic E-state index is 14.0. The Morgan fingerprint density at radius 3 is 1.67 bits per heavy atom. The molecule has 45 heavy (non-hydrogen) atoms. The maximum Gasteiger partial charge on any atom is 0.303 e. The highest BCUT2D eigenvalue weighted by atomic mass is 16.6. The molecule has 4 atom stereocenters. The monoisotopic (exact) mass is 625 g/mol. The van der Waals surface area contributed by atoms with E-state index in [1.165, 1.54) is 7.05 Å². The molecule has 0 bridgehead atoms. The number of hydrogen-bond acceptors (Lipinski definition) is 13. The van der Waals surface area contributed by atoms with Gasteiger partial charge in [-0.2, -0.15) is 0 Å². The fourth-order valence-corrected chi connectivity index (χ4v) is 4.93. The summed E-state index contributed by atoms with van der Waals surface area (Å²) >= 11 is 0. The van der Waals surface area contributed by atoms with E-state index in [9.17, 15) is 38.4 Å². The molecule has 0 amide bonds. The molecular weight excluding hydrogens is 594 g/mol. The molecule has 0 saturated carbocycles. The summed E-state index contributed by atoms with van der Waals surface area (Å²) < 4.78 is 27.7. The first-order valence-electron chi connectivity index (χ1n) is 13.5. The molecule has 14 nitrogen and oxygen atoms in total. The Bertz CT molecular complexity index is 1640. The summed E-state index contributed by atoms with van der Waals surface area (Å²) in [4.78, 5) is 102. The maximum absolute atomic E-state index is 14.0. The molecule has 0 unspecified atom stereocenters. The molecule has 3 rings (SSSR count). The number of ketones is 2. The summed E-state index contributed by atoms with van der Waals surface area (Å²) in [6, 6.07) is 8.06. The Morgan fingerprint density at radius 2 is 1.16 bits per heavy atom. The second kappa shape index (κ2) is 14.4. The van der Waals surface area contributed by atoms with E-state index in [4.69, 9.17) is 23.7 Å². The number of hydrogen-bond donors (Lipinski definition) is 0. The molecule has 238 valence electrons. The van der Waals surface area contributed by atoms with Crippen LogP contribution in [0, 0.1) is 0 Å². The molecule has 1 aromatic carbocycles. The number of carbonyl (C=O) groups is 7. The van der Waals surface area contributed by atoms with Crippen LogP contribution in [0.4, 0.5) is 0 Å². The molecule has 0 aliphatic heterocycles. The SMILES string of the molecule is CC(=O)OC[C@@H](OC(C)=O)[C@@H](OC(C)=O)[C@@H](OC(C)=O)[C@H](OC(C)=O)c1c2c(c(-c3ccccc3)c(=O)n1C)C(=O)C=CC2=O. The number of carbonyl (C=O) groups excluding carboxylic acids is 7. The summed E-state index contributed by atoms with van der Waals surface area (Å²) in [6.07, 6.45) is -5.39. The second-order valence-corrected chi connectivity index (χ2v) is 9.93. The lowest BCUT2D eigenvalue weighted by Crippen LogP contribution is -2.51. The molecule has 2 aromatic rings. The van der Waals surface area contributed by atoms with Crippen LogP contribution in [0.2, 0.25) is 0 Å². The largest absolute Gasteiger partial charge is 0.462 e. The van der Waals surface area contributed by atoms with Crippen molar-refractivity contribution < 1.29 is 57.2 Å². The van der Waals surface area contributed by atoms with E-state index < -0.39 is 78.0 Å². The average Bonchev–Trinajstić information content (AvgIpc) is 2.95. The van der Waals surface area contributed by atoms with Crippen molar-refractivity contribution in [3.63, 3.8) is 0 Å². The van der Waals surface area contributed by atoms with Crippen molar-refractivity contribution in [2.24, 2.45) is 7.05 Å². The van der Waals surface area contributed by atoms with Gasteiger partial charge in [-0.3, -0.25) is 38.4 Å². The van der Waals surface area contributed by atoms with E-state index in [2.05, 4.69) is 0 Å². The zero-order valence-corrected chi connectivity index (χ0v) is 25.3. The first-order chi connectivity index (χ1) is 21.1. The lowest BCUT2D eigenvalue weighted by Gasteiger charge is -2.36. The summed E-state index contributed by atoms with van der Waals surface area (Å²) in [6.45, 7) is 4.30. The van der Waals surface area contributed by atoms with E-state index in [-0.39, 0.29) is 22.4 Å². The zero-order chi connectivity index (χ0) is 33.6. The van der Waals surface area contributed by atoms with E-state index in [1.54, 1.807) is 30.3 Å². The zero-order valence-electron chi connectivity index (χ0n) is 25.3. The van der Waals surface area contributed by atoms with Crippen molar-refractivity contribution in [2.45, 2.75) is 59.0 Å². The summed E-state index contributed by atoms with van der Waals surface area (Å²) in [7, 11) is 1.24. The Balaban J connectivity index is 2.45. The summed E-state index contributed by atoms with van der Waals surface area (Å²) in [5.74, 6) is -6.19. The van der Waals surface area contributed by atoms with Gasteiger partial charge in [0.15, 0.2) is 36.0 Å². The van der Waals surface area contributed by atoms with Gasteiger partial charge in [-0.1, -0.05) is 30.3 Å². The van der Waals surface area contributed by atoms with Gasteiger partial charge < -0.3 is 28.3 Å². The van der Waals surface area contributed by atoms with Gasteiger partial charge in [0.1, 0.15) is 6.61 Å². The highest BCUT2D eigenvalue weighted by molar-refractivity contribution is 6.24. The topological polar surface area (TPSA) is 188 Å². The highest BCUT2D eigenvalue weighted by Gasteiger charge is 2.47. The molecule has 14 heteroatoms. The van der Waals surface area contributed by atoms with Crippen LogP contribution in [0.5, 0.6) is 0 Å². The molecule has 1 aliphatic rings. The normalized spacial score (nSPS) is 14.7. The molecule has 0 radical (unpaired) electrons. The van der Waals surface area contributed by atoms with E-state index in [1.807, 2.05) is 0 Å². The smallest absolute Gasteiger partial charge is 0.303 e. The molecule has 0 N–H and O–H groups in total. The van der Waals surface area contributed by atoms with E-state index >= 15 is 0 Å². The van der Waals surface area contributed by atoms with Crippen LogP contribution in [-0.2, 0) is 54.7 Å². The van der Waals surface area contributed by atoms with Crippen LogP contribution in [0.3, 0.4) is 0 Å². The van der Waals surface area contributed by atoms with Gasteiger partial charge in [-0.05, 0) is 17.7 Å². The first kappa shape index (κ1) is 34.1. The van der Waals surface area contributed by atoms with Crippen molar-refractivity contribution in [3.8, 4) is 11.1 Å². The van der Waals surface area contributed by atoms with Gasteiger partial charge in [0.05, 0.1) is 16.8 Å². The number of nitrogens with zero attached hydrogens (tertiary/aromatic N) is 1. The second-order valence-electron chi connectivity index (χ2n) is 9.93. The van der Waals surface area contributed by atoms with Crippen LogP contribution in [0.25, 0.3) is 11.1 Å². The van der Waals surface area contributed by atoms with E-state index in [0.717, 1.165) is 51.3 Å². The third-order valence-corrected chi connectivity index (χ3v) is 6.50. The fourth-order valence-electron chi connectivity index (χ4n) is 4.93. The molecule has 0 saturated heterocycles. The Kier molecular flexibility index (Phi) is 10.9. The predicted molar refractivity (Wildman–Crippen MR) is 153 cm³/mol. The van der Waals surface area contributed by atoms with Gasteiger partial charge in [-0.15, -0.1) is 0 Å². The number of allylic oxidation sites excluding steroid dienone is 2. The van der Waals surface area contributed by atoms with Crippen LogP contribution >= 0.6 is 0 Å². The van der Waals surface area contributed by atoms with Gasteiger partial charge in [0.25, 0.3) is 5.56 Å². The van der Waals surface area contributed by atoms with Crippen LogP contribution in [0.15, 0.2) is 47.3 Å². The number of ether oxygens (including phenoxy) is 5. The third-order valence-electron chi connectivity index (χ3n) is 6.50. The lowest BCUT2D eigenvalue weighted by atomic mass is 9.84. The predicted octanol–water partition coefficient (Wildman–Crippen LogP) is 1.95. The minimum atomic E-state index is -1.93. The Morgan fingerprint density at radius 1 is 0.644 bits per heavy atom. The molecule has 0 spiro atoms. The number of fused-ring (bicyclic) bond motifs is 1. The fraction of sp³-hybridized carbons (Fsp3) is 0.355. The number of rotatable bonds is 11. The summed E-state index contributed by atoms with van der Waals surface area (Å²) in [5.41, 5.74) is -1.62. The van der Waals surface area contributed by atoms with E-state index in [0.29, 0.717) is 5.56 Å². The Hall–Kier alpha value is -5.40. The van der Waals surface area contributed by atoms with Crippen molar-refractivity contribution in [2.75, 3.05) is 6.61 Å². The molecule has 1 aromatic heterocycles. The lowest BCUT2D eigenvalue weighted by molar-refractivity contribution is -0.204. The minimum Gasteiger partial charge on any atom is -0.462 e. The molecule has 1 heterocycles. The van der Waals surface area contributed by atoms with Crippen molar-refractivity contribution in [3.05, 3.63) is 69.7 Å².